The van der Waals surface area contributed by atoms with Gasteiger partial charge in [0.2, 0.25) is 5.91 Å². The molecule has 0 spiro atoms. The highest BCUT2D eigenvalue weighted by Gasteiger charge is 2.12. The summed E-state index contributed by atoms with van der Waals surface area (Å²) in [4.78, 5) is 19.6. The summed E-state index contributed by atoms with van der Waals surface area (Å²) >= 11 is 1.57. The number of morpholine rings is 1. The fourth-order valence-corrected chi connectivity index (χ4v) is 4.38. The SMILES string of the molecule is CC(C)COc1ccc(NC(=O)Cc2csc(-c3ccc(CN4CCOCC4)cc3)n2)cc1. The first kappa shape index (κ1) is 23.4. The number of hydrogen-bond acceptors (Lipinski definition) is 6. The molecular weight excluding hydrogens is 434 g/mol. The molecule has 4 rings (SSSR count). The molecule has 1 aliphatic heterocycles. The topological polar surface area (TPSA) is 63.7 Å². The van der Waals surface area contributed by atoms with E-state index in [-0.39, 0.29) is 12.3 Å². The first-order valence-corrected chi connectivity index (χ1v) is 12.3. The summed E-state index contributed by atoms with van der Waals surface area (Å²) in [5, 5.41) is 5.82. The van der Waals surface area contributed by atoms with Crippen LogP contribution in [0.15, 0.2) is 53.9 Å². The number of thiazole rings is 1. The van der Waals surface area contributed by atoms with Gasteiger partial charge in [0.05, 0.1) is 31.9 Å². The lowest BCUT2D eigenvalue weighted by atomic mass is 10.1. The summed E-state index contributed by atoms with van der Waals surface area (Å²) in [6, 6.07) is 16.0. The van der Waals surface area contributed by atoms with Gasteiger partial charge in [-0.2, -0.15) is 0 Å². The Hall–Kier alpha value is -2.74. The van der Waals surface area contributed by atoms with Gasteiger partial charge < -0.3 is 14.8 Å². The number of nitrogens with zero attached hydrogens (tertiary/aromatic N) is 2. The van der Waals surface area contributed by atoms with Gasteiger partial charge in [-0.05, 0) is 35.7 Å². The zero-order valence-electron chi connectivity index (χ0n) is 19.3. The number of amides is 1. The lowest BCUT2D eigenvalue weighted by Gasteiger charge is -2.26. The van der Waals surface area contributed by atoms with Crippen LogP contribution in [0.4, 0.5) is 5.69 Å². The molecule has 1 N–H and O–H groups in total. The van der Waals surface area contributed by atoms with Crippen molar-refractivity contribution in [1.82, 2.24) is 9.88 Å². The normalized spacial score (nSPS) is 14.4. The smallest absolute Gasteiger partial charge is 0.230 e. The molecule has 0 radical (unpaired) electrons. The van der Waals surface area contributed by atoms with E-state index in [1.165, 1.54) is 5.56 Å². The van der Waals surface area contributed by atoms with Crippen molar-refractivity contribution in [2.24, 2.45) is 5.92 Å². The van der Waals surface area contributed by atoms with Gasteiger partial charge in [-0.3, -0.25) is 9.69 Å². The third-order valence-corrected chi connectivity index (χ3v) is 6.27. The number of ether oxygens (including phenoxy) is 2. The first-order valence-electron chi connectivity index (χ1n) is 11.4. The highest BCUT2D eigenvalue weighted by molar-refractivity contribution is 7.13. The maximum Gasteiger partial charge on any atom is 0.230 e. The molecule has 1 aliphatic rings. The van der Waals surface area contributed by atoms with Crippen LogP contribution >= 0.6 is 11.3 Å². The van der Waals surface area contributed by atoms with Crippen LogP contribution in [0, 0.1) is 5.92 Å². The second kappa shape index (κ2) is 11.4. The molecule has 1 saturated heterocycles. The van der Waals surface area contributed by atoms with Crippen LogP contribution in [-0.2, 0) is 22.5 Å². The van der Waals surface area contributed by atoms with Gasteiger partial charge in [-0.15, -0.1) is 11.3 Å². The van der Waals surface area contributed by atoms with E-state index in [2.05, 4.69) is 53.3 Å². The molecule has 7 heteroatoms. The molecule has 2 heterocycles. The fraction of sp³-hybridized carbons (Fsp3) is 0.385. The Morgan fingerprint density at radius 2 is 1.85 bits per heavy atom. The van der Waals surface area contributed by atoms with Gasteiger partial charge in [-0.1, -0.05) is 38.1 Å². The lowest BCUT2D eigenvalue weighted by Crippen LogP contribution is -2.35. The van der Waals surface area contributed by atoms with Gasteiger partial charge in [0.1, 0.15) is 10.8 Å². The van der Waals surface area contributed by atoms with Crippen LogP contribution in [0.2, 0.25) is 0 Å². The number of hydrogen-bond donors (Lipinski definition) is 1. The summed E-state index contributed by atoms with van der Waals surface area (Å²) in [6.45, 7) is 9.43. The quantitative estimate of drug-likeness (QED) is 0.489. The van der Waals surface area contributed by atoms with E-state index in [9.17, 15) is 4.79 Å². The Morgan fingerprint density at radius 3 is 2.55 bits per heavy atom. The molecule has 0 aliphatic carbocycles. The van der Waals surface area contributed by atoms with Crippen molar-refractivity contribution in [2.75, 3.05) is 38.2 Å². The van der Waals surface area contributed by atoms with Crippen molar-refractivity contribution in [1.29, 1.82) is 0 Å². The molecule has 1 fully saturated rings. The number of rotatable bonds is 9. The molecule has 1 amide bonds. The maximum absolute atomic E-state index is 12.5. The zero-order valence-corrected chi connectivity index (χ0v) is 20.1. The molecule has 1 aromatic heterocycles. The van der Waals surface area contributed by atoms with Crippen LogP contribution in [0.25, 0.3) is 10.6 Å². The molecule has 0 atom stereocenters. The number of aromatic nitrogens is 1. The Bertz CT molecular complexity index is 1030. The van der Waals surface area contributed by atoms with E-state index in [0.29, 0.717) is 12.5 Å². The molecular formula is C26H31N3O3S. The summed E-state index contributed by atoms with van der Waals surface area (Å²) < 4.78 is 11.1. The molecule has 0 bridgehead atoms. The monoisotopic (exact) mass is 465 g/mol. The van der Waals surface area contributed by atoms with Crippen molar-refractivity contribution in [3.63, 3.8) is 0 Å². The molecule has 6 nitrogen and oxygen atoms in total. The van der Waals surface area contributed by atoms with Crippen molar-refractivity contribution >= 4 is 22.9 Å². The van der Waals surface area contributed by atoms with Crippen LogP contribution < -0.4 is 10.1 Å². The molecule has 0 saturated carbocycles. The number of anilines is 1. The summed E-state index contributed by atoms with van der Waals surface area (Å²) in [6.07, 6.45) is 0.247. The van der Waals surface area contributed by atoms with Gasteiger partial charge >= 0.3 is 0 Å². The van der Waals surface area contributed by atoms with Crippen molar-refractivity contribution < 1.29 is 14.3 Å². The Kier molecular flexibility index (Phi) is 8.10. The number of nitrogens with one attached hydrogen (secondary N) is 1. The van der Waals surface area contributed by atoms with E-state index in [1.807, 2.05) is 29.6 Å². The third-order valence-electron chi connectivity index (χ3n) is 5.33. The van der Waals surface area contributed by atoms with Gasteiger partial charge in [-0.25, -0.2) is 4.98 Å². The highest BCUT2D eigenvalue weighted by atomic mass is 32.1. The van der Waals surface area contributed by atoms with E-state index < -0.39 is 0 Å². The van der Waals surface area contributed by atoms with Crippen molar-refractivity contribution in [3.8, 4) is 16.3 Å². The molecule has 174 valence electrons. The third kappa shape index (κ3) is 7.12. The minimum atomic E-state index is -0.0800. The minimum absolute atomic E-state index is 0.0800. The second-order valence-electron chi connectivity index (χ2n) is 8.68. The highest BCUT2D eigenvalue weighted by Crippen LogP contribution is 2.25. The van der Waals surface area contributed by atoms with Gasteiger partial charge in [0, 0.05) is 36.3 Å². The van der Waals surface area contributed by atoms with E-state index in [4.69, 9.17) is 9.47 Å². The fourth-order valence-electron chi connectivity index (χ4n) is 3.56. The standard InChI is InChI=1S/C26H31N3O3S/c1-19(2)17-32-24-9-7-22(8-10-24)27-25(30)15-23-18-33-26(28-23)21-5-3-20(4-6-21)16-29-11-13-31-14-12-29/h3-10,18-19H,11-17H2,1-2H3,(H,27,30). The van der Waals surface area contributed by atoms with Crippen LogP contribution in [-0.4, -0.2) is 48.7 Å². The Balaban J connectivity index is 1.28. The summed E-state index contributed by atoms with van der Waals surface area (Å²) in [5.41, 5.74) is 3.90. The number of benzene rings is 2. The first-order chi connectivity index (χ1) is 16.0. The largest absolute Gasteiger partial charge is 0.493 e. The average Bonchev–Trinajstić information content (AvgIpc) is 3.28. The number of carbonyl (C=O) groups excluding carboxylic acids is 1. The van der Waals surface area contributed by atoms with Gasteiger partial charge in [0.15, 0.2) is 0 Å². The van der Waals surface area contributed by atoms with Crippen molar-refractivity contribution in [3.05, 3.63) is 65.2 Å². The molecule has 2 aromatic carbocycles. The Morgan fingerprint density at radius 1 is 1.12 bits per heavy atom. The van der Waals surface area contributed by atoms with E-state index in [1.54, 1.807) is 11.3 Å². The van der Waals surface area contributed by atoms with Crippen LogP contribution in [0.1, 0.15) is 25.1 Å². The van der Waals surface area contributed by atoms with Gasteiger partial charge in [0.25, 0.3) is 0 Å². The predicted octanol–water partition coefficient (Wildman–Crippen LogP) is 4.86. The summed E-state index contributed by atoms with van der Waals surface area (Å²) in [7, 11) is 0. The molecule has 3 aromatic rings. The number of carbonyl (C=O) groups is 1. The molecule has 0 unspecified atom stereocenters. The minimum Gasteiger partial charge on any atom is -0.493 e. The van der Waals surface area contributed by atoms with Crippen LogP contribution in [0.3, 0.4) is 0 Å². The maximum atomic E-state index is 12.5. The molecule has 33 heavy (non-hydrogen) atoms. The van der Waals surface area contributed by atoms with Crippen LogP contribution in [0.5, 0.6) is 5.75 Å². The average molecular weight is 466 g/mol. The predicted molar refractivity (Wildman–Crippen MR) is 133 cm³/mol. The Labute approximate surface area is 199 Å². The van der Waals surface area contributed by atoms with E-state index in [0.717, 1.165) is 60.5 Å². The lowest BCUT2D eigenvalue weighted by molar-refractivity contribution is -0.115. The second-order valence-corrected chi connectivity index (χ2v) is 9.54. The van der Waals surface area contributed by atoms with Crippen molar-refractivity contribution in [2.45, 2.75) is 26.8 Å². The summed E-state index contributed by atoms with van der Waals surface area (Å²) in [5.74, 6) is 1.20. The zero-order chi connectivity index (χ0) is 23.0. The van der Waals surface area contributed by atoms with E-state index >= 15 is 0 Å².